The fourth-order valence-electron chi connectivity index (χ4n) is 2.51. The molecule has 0 spiro atoms. The molecule has 7 nitrogen and oxygen atoms in total. The fraction of sp³-hybridized carbons (Fsp3) is 0.348. The van der Waals surface area contributed by atoms with Crippen LogP contribution in [0.4, 0.5) is 11.4 Å². The van der Waals surface area contributed by atoms with Crippen molar-refractivity contribution >= 4 is 29.2 Å². The maximum atomic E-state index is 12.2. The van der Waals surface area contributed by atoms with Gasteiger partial charge in [-0.3, -0.25) is 9.59 Å². The Morgan fingerprint density at radius 1 is 0.867 bits per heavy atom. The second-order valence-electron chi connectivity index (χ2n) is 7.90. The summed E-state index contributed by atoms with van der Waals surface area (Å²) in [6, 6.07) is 13.5. The molecule has 2 rings (SSSR count). The zero-order valence-electron chi connectivity index (χ0n) is 17.9. The lowest BCUT2D eigenvalue weighted by atomic mass is 10.1. The van der Waals surface area contributed by atoms with Crippen molar-refractivity contribution in [3.8, 4) is 0 Å². The average Bonchev–Trinajstić information content (AvgIpc) is 2.70. The topological polar surface area (TPSA) is 96.5 Å². The molecule has 0 unspecified atom stereocenters. The van der Waals surface area contributed by atoms with Gasteiger partial charge in [-0.15, -0.1) is 0 Å². The molecule has 0 aromatic heterocycles. The molecule has 0 aliphatic heterocycles. The fourth-order valence-corrected chi connectivity index (χ4v) is 2.51. The van der Waals surface area contributed by atoms with Crippen LogP contribution >= 0.6 is 0 Å². The Bertz CT molecular complexity index is 869. The number of rotatable bonds is 8. The molecule has 160 valence electrons. The van der Waals surface area contributed by atoms with Gasteiger partial charge in [-0.25, -0.2) is 4.79 Å². The van der Waals surface area contributed by atoms with E-state index in [1.54, 1.807) is 48.5 Å². The van der Waals surface area contributed by atoms with Gasteiger partial charge in [0.2, 0.25) is 5.91 Å². The summed E-state index contributed by atoms with van der Waals surface area (Å²) in [5.41, 5.74) is 1.99. The first kappa shape index (κ1) is 22.9. The average molecular weight is 412 g/mol. The molecule has 0 aliphatic rings. The summed E-state index contributed by atoms with van der Waals surface area (Å²) >= 11 is 0. The third kappa shape index (κ3) is 7.58. The van der Waals surface area contributed by atoms with Crippen LogP contribution in [0.15, 0.2) is 48.5 Å². The molecule has 0 fully saturated rings. The Balaban J connectivity index is 1.83. The van der Waals surface area contributed by atoms with E-state index >= 15 is 0 Å². The van der Waals surface area contributed by atoms with Crippen LogP contribution in [0.1, 0.15) is 54.8 Å². The highest BCUT2D eigenvalue weighted by Crippen LogP contribution is 2.13. The van der Waals surface area contributed by atoms with Gasteiger partial charge in [-0.05, 0) is 75.7 Å². The molecule has 0 atom stereocenters. The Labute approximate surface area is 177 Å². The normalized spacial score (nSPS) is 10.8. The van der Waals surface area contributed by atoms with E-state index < -0.39 is 0 Å². The summed E-state index contributed by atoms with van der Waals surface area (Å²) in [5.74, 6) is -0.752. The molecule has 7 heteroatoms. The number of nitrogens with one attached hydrogen (secondary N) is 3. The number of hydrogen-bond acceptors (Lipinski definition) is 5. The molecule has 0 radical (unpaired) electrons. The van der Waals surface area contributed by atoms with Gasteiger partial charge in [0.25, 0.3) is 5.91 Å². The summed E-state index contributed by atoms with van der Waals surface area (Å²) in [6.07, 6.45) is 0.771. The zero-order chi connectivity index (χ0) is 22.1. The van der Waals surface area contributed by atoms with Crippen molar-refractivity contribution in [2.75, 3.05) is 23.8 Å². The molecule has 2 aromatic carbocycles. The van der Waals surface area contributed by atoms with Crippen molar-refractivity contribution in [2.24, 2.45) is 0 Å². The van der Waals surface area contributed by atoms with Crippen molar-refractivity contribution < 1.29 is 19.1 Å². The Hall–Kier alpha value is -3.35. The Kier molecular flexibility index (Phi) is 7.98. The summed E-state index contributed by atoms with van der Waals surface area (Å²) in [4.78, 5) is 36.1. The van der Waals surface area contributed by atoms with E-state index in [0.29, 0.717) is 29.1 Å². The predicted octanol–water partition coefficient (Wildman–Crippen LogP) is 3.83. The number of esters is 1. The van der Waals surface area contributed by atoms with Crippen LogP contribution in [0.5, 0.6) is 0 Å². The zero-order valence-corrected chi connectivity index (χ0v) is 17.9. The molecule has 3 N–H and O–H groups in total. The number of anilines is 2. The molecule has 30 heavy (non-hydrogen) atoms. The number of carbonyl (C=O) groups excluding carboxylic acids is 3. The largest absolute Gasteiger partial charge is 0.462 e. The van der Waals surface area contributed by atoms with Crippen LogP contribution < -0.4 is 16.0 Å². The van der Waals surface area contributed by atoms with E-state index in [0.717, 1.165) is 6.42 Å². The van der Waals surface area contributed by atoms with Crippen molar-refractivity contribution in [1.29, 1.82) is 0 Å². The first-order chi connectivity index (χ1) is 14.2. The minimum absolute atomic E-state index is 0.0614. The van der Waals surface area contributed by atoms with Gasteiger partial charge in [0.05, 0.1) is 18.7 Å². The molecule has 2 aromatic rings. The van der Waals surface area contributed by atoms with Crippen molar-refractivity contribution in [3.05, 3.63) is 59.7 Å². The van der Waals surface area contributed by atoms with Gasteiger partial charge < -0.3 is 20.7 Å². The highest BCUT2D eigenvalue weighted by atomic mass is 16.5. The predicted molar refractivity (Wildman–Crippen MR) is 118 cm³/mol. The van der Waals surface area contributed by atoms with Crippen LogP contribution in [0, 0.1) is 0 Å². The molecule has 0 aliphatic carbocycles. The first-order valence-corrected chi connectivity index (χ1v) is 9.91. The maximum Gasteiger partial charge on any atom is 0.338 e. The maximum absolute atomic E-state index is 12.2. The number of ether oxygens (including phenoxy) is 1. The van der Waals surface area contributed by atoms with E-state index in [-0.39, 0.29) is 29.9 Å². The lowest BCUT2D eigenvalue weighted by molar-refractivity contribution is -0.114. The van der Waals surface area contributed by atoms with Crippen LogP contribution in [0.3, 0.4) is 0 Å². The third-order valence-electron chi connectivity index (χ3n) is 3.93. The van der Waals surface area contributed by atoms with Gasteiger partial charge in [0.1, 0.15) is 0 Å². The SMILES string of the molecule is CCCOC(=O)c1ccc(NCC(=O)Nc2ccc(C(=O)NC(C)(C)C)cc2)cc1. The van der Waals surface area contributed by atoms with Gasteiger partial charge in [-0.2, -0.15) is 0 Å². The van der Waals surface area contributed by atoms with Crippen LogP contribution in [-0.4, -0.2) is 36.5 Å². The lowest BCUT2D eigenvalue weighted by Gasteiger charge is -2.20. The van der Waals surface area contributed by atoms with E-state index in [4.69, 9.17) is 4.74 Å². The Morgan fingerprint density at radius 3 is 2.00 bits per heavy atom. The highest BCUT2D eigenvalue weighted by Gasteiger charge is 2.15. The quantitative estimate of drug-likeness (QED) is 0.574. The summed E-state index contributed by atoms with van der Waals surface area (Å²) in [7, 11) is 0. The highest BCUT2D eigenvalue weighted by molar-refractivity contribution is 5.97. The summed E-state index contributed by atoms with van der Waals surface area (Å²) in [6.45, 7) is 8.13. The molecule has 2 amide bonds. The Morgan fingerprint density at radius 2 is 1.43 bits per heavy atom. The van der Waals surface area contributed by atoms with E-state index in [2.05, 4.69) is 16.0 Å². The van der Waals surface area contributed by atoms with Crippen LogP contribution in [-0.2, 0) is 9.53 Å². The number of amides is 2. The minimum atomic E-state index is -0.360. The summed E-state index contributed by atoms with van der Waals surface area (Å²) < 4.78 is 5.08. The van der Waals surface area contributed by atoms with Crippen LogP contribution in [0.2, 0.25) is 0 Å². The number of benzene rings is 2. The van der Waals surface area contributed by atoms with Gasteiger partial charge in [0, 0.05) is 22.5 Å². The monoisotopic (exact) mass is 411 g/mol. The third-order valence-corrected chi connectivity index (χ3v) is 3.93. The number of hydrogen-bond donors (Lipinski definition) is 3. The van der Waals surface area contributed by atoms with E-state index in [1.165, 1.54) is 0 Å². The van der Waals surface area contributed by atoms with Crippen molar-refractivity contribution in [3.63, 3.8) is 0 Å². The smallest absolute Gasteiger partial charge is 0.338 e. The van der Waals surface area contributed by atoms with Crippen LogP contribution in [0.25, 0.3) is 0 Å². The van der Waals surface area contributed by atoms with Crippen molar-refractivity contribution in [2.45, 2.75) is 39.7 Å². The van der Waals surface area contributed by atoms with E-state index in [9.17, 15) is 14.4 Å². The van der Waals surface area contributed by atoms with Gasteiger partial charge in [0.15, 0.2) is 0 Å². The second-order valence-corrected chi connectivity index (χ2v) is 7.90. The van der Waals surface area contributed by atoms with E-state index in [1.807, 2.05) is 27.7 Å². The second kappa shape index (κ2) is 10.4. The first-order valence-electron chi connectivity index (χ1n) is 9.91. The molecule has 0 saturated heterocycles. The molecule has 0 bridgehead atoms. The molecule has 0 saturated carbocycles. The molecular weight excluding hydrogens is 382 g/mol. The molecule has 0 heterocycles. The number of carbonyl (C=O) groups is 3. The standard InChI is InChI=1S/C23H29N3O4/c1-5-14-30-22(29)17-8-10-18(11-9-17)24-15-20(27)25-19-12-6-16(7-13-19)21(28)26-23(2,3)4/h6-13,24H,5,14-15H2,1-4H3,(H,25,27)(H,26,28). The lowest BCUT2D eigenvalue weighted by Crippen LogP contribution is -2.40. The van der Waals surface area contributed by atoms with Gasteiger partial charge >= 0.3 is 5.97 Å². The molecular formula is C23H29N3O4. The van der Waals surface area contributed by atoms with Crippen molar-refractivity contribution in [1.82, 2.24) is 5.32 Å². The summed E-state index contributed by atoms with van der Waals surface area (Å²) in [5, 5.41) is 8.66. The minimum Gasteiger partial charge on any atom is -0.462 e. The van der Waals surface area contributed by atoms with Gasteiger partial charge in [-0.1, -0.05) is 6.92 Å².